The van der Waals surface area contributed by atoms with Gasteiger partial charge in [0.2, 0.25) is 0 Å². The molecule has 2 aromatic carbocycles. The first kappa shape index (κ1) is 14.3. The van der Waals surface area contributed by atoms with Gasteiger partial charge in [-0.25, -0.2) is 0 Å². The van der Waals surface area contributed by atoms with Crippen molar-refractivity contribution in [3.63, 3.8) is 0 Å². The number of rotatable bonds is 4. The molecule has 0 saturated heterocycles. The Morgan fingerprint density at radius 2 is 1.19 bits per heavy atom. The Morgan fingerprint density at radius 3 is 1.52 bits per heavy atom. The zero-order chi connectivity index (χ0) is 15.6. The van der Waals surface area contributed by atoms with Crippen LogP contribution in [0.15, 0.2) is 36.4 Å². The molecule has 8 heteroatoms. The van der Waals surface area contributed by atoms with Crippen molar-refractivity contribution in [2.45, 2.75) is 6.42 Å². The Hall–Kier alpha value is -3.16. The second kappa shape index (κ2) is 5.45. The summed E-state index contributed by atoms with van der Waals surface area (Å²) >= 11 is 0. The van der Waals surface area contributed by atoms with Gasteiger partial charge in [0.15, 0.2) is 0 Å². The average Bonchev–Trinajstić information content (AvgIpc) is 2.42. The van der Waals surface area contributed by atoms with Crippen molar-refractivity contribution in [2.24, 2.45) is 0 Å². The number of nitrogens with zero attached hydrogens (tertiary/aromatic N) is 2. The van der Waals surface area contributed by atoms with E-state index in [2.05, 4.69) is 0 Å². The standard InChI is InChI=1S/C13H10N2O6/c16-10-3-1-8(12(6-10)14(18)19)5-9-2-4-11(17)7-13(9)15(20)21/h1-4,6-7,16-17H,5H2. The van der Waals surface area contributed by atoms with Gasteiger partial charge in [0, 0.05) is 17.5 Å². The van der Waals surface area contributed by atoms with Crippen LogP contribution in [0.5, 0.6) is 11.5 Å². The molecule has 8 nitrogen and oxygen atoms in total. The number of benzene rings is 2. The van der Waals surface area contributed by atoms with Crippen LogP contribution in [0, 0.1) is 20.2 Å². The Labute approximate surface area is 118 Å². The molecular weight excluding hydrogens is 280 g/mol. The SMILES string of the molecule is O=[N+]([O-])c1cc(O)ccc1Cc1ccc(O)cc1[N+](=O)[O-]. The molecule has 0 bridgehead atoms. The van der Waals surface area contributed by atoms with Crippen molar-refractivity contribution >= 4 is 11.4 Å². The van der Waals surface area contributed by atoms with Crippen LogP contribution in [0.4, 0.5) is 11.4 Å². The molecule has 0 amide bonds. The molecule has 2 N–H and O–H groups in total. The Balaban J connectivity index is 2.48. The third-order valence-electron chi connectivity index (χ3n) is 2.91. The van der Waals surface area contributed by atoms with E-state index in [1.807, 2.05) is 0 Å². The van der Waals surface area contributed by atoms with Crippen molar-refractivity contribution in [1.82, 2.24) is 0 Å². The lowest BCUT2D eigenvalue weighted by Gasteiger charge is -2.05. The molecule has 0 saturated carbocycles. The summed E-state index contributed by atoms with van der Waals surface area (Å²) in [4.78, 5) is 20.6. The van der Waals surface area contributed by atoms with Crippen LogP contribution < -0.4 is 0 Å². The number of hydrogen-bond donors (Lipinski definition) is 2. The lowest BCUT2D eigenvalue weighted by molar-refractivity contribution is -0.386. The van der Waals surface area contributed by atoms with Gasteiger partial charge in [0.25, 0.3) is 11.4 Å². The molecule has 108 valence electrons. The van der Waals surface area contributed by atoms with E-state index in [0.29, 0.717) is 0 Å². The smallest absolute Gasteiger partial charge is 0.276 e. The lowest BCUT2D eigenvalue weighted by Crippen LogP contribution is -2.00. The Kier molecular flexibility index (Phi) is 3.70. The predicted molar refractivity (Wildman–Crippen MR) is 72.3 cm³/mol. The fourth-order valence-electron chi connectivity index (χ4n) is 1.95. The van der Waals surface area contributed by atoms with Gasteiger partial charge >= 0.3 is 0 Å². The summed E-state index contributed by atoms with van der Waals surface area (Å²) in [5.74, 6) is -0.517. The van der Waals surface area contributed by atoms with Gasteiger partial charge in [0.05, 0.1) is 22.0 Å². The van der Waals surface area contributed by atoms with Crippen molar-refractivity contribution in [1.29, 1.82) is 0 Å². The van der Waals surface area contributed by atoms with Crippen LogP contribution in [-0.4, -0.2) is 20.1 Å². The van der Waals surface area contributed by atoms with E-state index in [0.717, 1.165) is 12.1 Å². The summed E-state index contributed by atoms with van der Waals surface area (Å²) in [6.07, 6.45) is -0.0623. The first-order chi connectivity index (χ1) is 9.88. The summed E-state index contributed by atoms with van der Waals surface area (Å²) in [5, 5.41) is 40.5. The molecule has 0 aliphatic heterocycles. The quantitative estimate of drug-likeness (QED) is 0.657. The number of phenols is 2. The molecule has 0 spiro atoms. The molecule has 0 aliphatic carbocycles. The molecule has 2 rings (SSSR count). The molecule has 0 unspecified atom stereocenters. The highest BCUT2D eigenvalue weighted by molar-refractivity contribution is 5.52. The van der Waals surface area contributed by atoms with Gasteiger partial charge < -0.3 is 10.2 Å². The van der Waals surface area contributed by atoms with Crippen LogP contribution >= 0.6 is 0 Å². The first-order valence-corrected chi connectivity index (χ1v) is 5.81. The number of aromatic hydroxyl groups is 2. The molecule has 0 radical (unpaired) electrons. The fourth-order valence-corrected chi connectivity index (χ4v) is 1.95. The zero-order valence-corrected chi connectivity index (χ0v) is 10.6. The van der Waals surface area contributed by atoms with Crippen molar-refractivity contribution < 1.29 is 20.1 Å². The number of nitro groups is 2. The minimum absolute atomic E-state index is 0.0623. The summed E-state index contributed by atoms with van der Waals surface area (Å²) in [5.41, 5.74) is -0.187. The van der Waals surface area contributed by atoms with Crippen LogP contribution in [0.1, 0.15) is 11.1 Å². The van der Waals surface area contributed by atoms with Gasteiger partial charge in [-0.2, -0.15) is 0 Å². The summed E-state index contributed by atoms with van der Waals surface area (Å²) in [6.45, 7) is 0. The third-order valence-corrected chi connectivity index (χ3v) is 2.91. The van der Waals surface area contributed by atoms with Gasteiger partial charge in [-0.1, -0.05) is 0 Å². The first-order valence-electron chi connectivity index (χ1n) is 5.81. The van der Waals surface area contributed by atoms with E-state index in [1.165, 1.54) is 24.3 Å². The molecule has 0 fully saturated rings. The highest BCUT2D eigenvalue weighted by atomic mass is 16.6. The summed E-state index contributed by atoms with van der Waals surface area (Å²) in [7, 11) is 0. The van der Waals surface area contributed by atoms with Crippen molar-refractivity contribution in [3.05, 3.63) is 67.8 Å². The molecular formula is C13H10N2O6. The monoisotopic (exact) mass is 290 g/mol. The van der Waals surface area contributed by atoms with E-state index in [1.54, 1.807) is 0 Å². The average molecular weight is 290 g/mol. The lowest BCUT2D eigenvalue weighted by atomic mass is 10.0. The van der Waals surface area contributed by atoms with E-state index in [4.69, 9.17) is 0 Å². The highest BCUT2D eigenvalue weighted by Gasteiger charge is 2.20. The van der Waals surface area contributed by atoms with Gasteiger partial charge in [-0.3, -0.25) is 20.2 Å². The van der Waals surface area contributed by atoms with Gasteiger partial charge in [-0.05, 0) is 24.3 Å². The molecule has 0 atom stereocenters. The van der Waals surface area contributed by atoms with E-state index in [9.17, 15) is 30.4 Å². The summed E-state index contributed by atoms with van der Waals surface area (Å²) < 4.78 is 0. The van der Waals surface area contributed by atoms with Crippen molar-refractivity contribution in [3.8, 4) is 11.5 Å². The van der Waals surface area contributed by atoms with E-state index < -0.39 is 9.85 Å². The topological polar surface area (TPSA) is 127 Å². The van der Waals surface area contributed by atoms with Crippen molar-refractivity contribution in [2.75, 3.05) is 0 Å². The number of nitro benzene ring substituents is 2. The van der Waals surface area contributed by atoms with Crippen LogP contribution in [0.3, 0.4) is 0 Å². The van der Waals surface area contributed by atoms with E-state index in [-0.39, 0.29) is 40.4 Å². The Bertz CT molecular complexity index is 667. The second-order valence-corrected chi connectivity index (χ2v) is 4.32. The number of phenolic OH excluding ortho intramolecular Hbond substituents is 2. The van der Waals surface area contributed by atoms with Crippen LogP contribution in [-0.2, 0) is 6.42 Å². The normalized spacial score (nSPS) is 10.3. The predicted octanol–water partition coefficient (Wildman–Crippen LogP) is 2.51. The number of hydrogen-bond acceptors (Lipinski definition) is 6. The molecule has 0 aliphatic rings. The molecule has 21 heavy (non-hydrogen) atoms. The molecule has 0 heterocycles. The van der Waals surface area contributed by atoms with Crippen LogP contribution in [0.2, 0.25) is 0 Å². The summed E-state index contributed by atoms with van der Waals surface area (Å²) in [6, 6.07) is 7.19. The third kappa shape index (κ3) is 3.06. The molecule has 0 aromatic heterocycles. The highest BCUT2D eigenvalue weighted by Crippen LogP contribution is 2.30. The Morgan fingerprint density at radius 1 is 0.810 bits per heavy atom. The maximum absolute atomic E-state index is 11.0. The zero-order valence-electron chi connectivity index (χ0n) is 10.6. The van der Waals surface area contributed by atoms with Gasteiger partial charge in [-0.15, -0.1) is 0 Å². The maximum atomic E-state index is 11.0. The minimum Gasteiger partial charge on any atom is -0.508 e. The molecule has 2 aromatic rings. The second-order valence-electron chi connectivity index (χ2n) is 4.32. The van der Waals surface area contributed by atoms with Gasteiger partial charge in [0.1, 0.15) is 11.5 Å². The minimum atomic E-state index is -0.665. The van der Waals surface area contributed by atoms with Crippen LogP contribution in [0.25, 0.3) is 0 Å². The maximum Gasteiger partial charge on any atom is 0.276 e. The van der Waals surface area contributed by atoms with E-state index >= 15 is 0 Å². The fraction of sp³-hybridized carbons (Fsp3) is 0.0769. The largest absolute Gasteiger partial charge is 0.508 e.